The van der Waals surface area contributed by atoms with Gasteiger partial charge in [0.2, 0.25) is 10.4 Å². The number of carbonyl (C=O) groups is 1. The van der Waals surface area contributed by atoms with Crippen molar-refractivity contribution in [2.75, 3.05) is 5.32 Å². The lowest BCUT2D eigenvalue weighted by Gasteiger charge is -1.98. The number of carbonyl (C=O) groups excluding carboxylic acids is 1. The van der Waals surface area contributed by atoms with E-state index < -0.39 is 0 Å². The van der Waals surface area contributed by atoms with Crippen LogP contribution < -0.4 is 5.32 Å². The van der Waals surface area contributed by atoms with Gasteiger partial charge in [-0.2, -0.15) is 0 Å². The maximum absolute atomic E-state index is 11.8. The van der Waals surface area contributed by atoms with Gasteiger partial charge in [-0.1, -0.05) is 25.2 Å². The summed E-state index contributed by atoms with van der Waals surface area (Å²) >= 11 is 7.08. The summed E-state index contributed by atoms with van der Waals surface area (Å²) in [4.78, 5) is 11.8. The number of hydrogen-bond donors (Lipinski definition) is 1. The lowest BCUT2D eigenvalue weighted by Crippen LogP contribution is -2.11. The fourth-order valence-corrected chi connectivity index (χ4v) is 2.50. The third-order valence-electron chi connectivity index (χ3n) is 2.13. The predicted molar refractivity (Wildman–Crippen MR) is 70.1 cm³/mol. The van der Waals surface area contributed by atoms with Crippen LogP contribution in [-0.4, -0.2) is 16.1 Å². The van der Waals surface area contributed by atoms with Gasteiger partial charge in [0.25, 0.3) is 5.91 Å². The Bertz CT molecular complexity index is 550. The van der Waals surface area contributed by atoms with E-state index in [1.54, 1.807) is 0 Å². The van der Waals surface area contributed by atoms with Crippen molar-refractivity contribution in [3.05, 3.63) is 28.1 Å². The summed E-state index contributed by atoms with van der Waals surface area (Å²) in [7, 11) is 0. The van der Waals surface area contributed by atoms with Gasteiger partial charge in [-0.3, -0.25) is 10.1 Å². The average Bonchev–Trinajstić information content (AvgIpc) is 2.87. The molecule has 2 aromatic heterocycles. The van der Waals surface area contributed by atoms with E-state index in [0.717, 1.165) is 11.4 Å². The molecule has 1 amide bonds. The second-order valence-corrected chi connectivity index (χ2v) is 5.57. The first-order valence-electron chi connectivity index (χ1n) is 5.43. The molecule has 0 spiro atoms. The second kappa shape index (κ2) is 5.49. The van der Waals surface area contributed by atoms with Crippen LogP contribution in [0.4, 0.5) is 5.13 Å². The molecule has 0 saturated carbocycles. The van der Waals surface area contributed by atoms with E-state index >= 15 is 0 Å². The van der Waals surface area contributed by atoms with Crippen LogP contribution in [0, 0.1) is 5.92 Å². The van der Waals surface area contributed by atoms with Gasteiger partial charge in [-0.15, -0.1) is 10.2 Å². The molecule has 2 rings (SSSR count). The molecule has 0 aliphatic heterocycles. The fraction of sp³-hybridized carbons (Fsp3) is 0.364. The monoisotopic (exact) mass is 285 g/mol. The number of furan rings is 1. The van der Waals surface area contributed by atoms with Crippen LogP contribution >= 0.6 is 22.9 Å². The van der Waals surface area contributed by atoms with Crippen molar-refractivity contribution >= 4 is 34.0 Å². The number of aromatic nitrogens is 2. The fourth-order valence-electron chi connectivity index (χ4n) is 1.36. The van der Waals surface area contributed by atoms with Gasteiger partial charge in [0, 0.05) is 6.42 Å². The molecular weight excluding hydrogens is 274 g/mol. The van der Waals surface area contributed by atoms with Crippen LogP contribution in [0.25, 0.3) is 0 Å². The summed E-state index contributed by atoms with van der Waals surface area (Å²) in [6.45, 7) is 4.20. The molecule has 0 saturated heterocycles. The minimum Gasteiger partial charge on any atom is -0.452 e. The molecule has 1 N–H and O–H groups in total. The summed E-state index contributed by atoms with van der Waals surface area (Å²) in [5, 5.41) is 12.0. The van der Waals surface area contributed by atoms with Crippen molar-refractivity contribution in [1.82, 2.24) is 10.2 Å². The second-order valence-electron chi connectivity index (χ2n) is 4.16. The summed E-state index contributed by atoms with van der Waals surface area (Å²) in [6.07, 6.45) is 2.21. The normalized spacial score (nSPS) is 10.9. The Morgan fingerprint density at radius 2 is 2.33 bits per heavy atom. The van der Waals surface area contributed by atoms with Crippen molar-refractivity contribution in [2.45, 2.75) is 20.3 Å². The van der Waals surface area contributed by atoms with Crippen LogP contribution in [0.3, 0.4) is 0 Å². The van der Waals surface area contributed by atoms with E-state index in [0.29, 0.717) is 11.0 Å². The molecule has 0 fully saturated rings. The molecule has 5 nitrogen and oxygen atoms in total. The molecular formula is C11H12ClN3O2S. The van der Waals surface area contributed by atoms with Crippen LogP contribution in [0.15, 0.2) is 16.7 Å². The molecule has 96 valence electrons. The Morgan fingerprint density at radius 3 is 2.94 bits per heavy atom. The highest BCUT2D eigenvalue weighted by molar-refractivity contribution is 7.15. The third-order valence-corrected chi connectivity index (χ3v) is 3.29. The van der Waals surface area contributed by atoms with Crippen molar-refractivity contribution in [2.24, 2.45) is 5.92 Å². The first kappa shape index (κ1) is 13.0. The largest absolute Gasteiger partial charge is 0.452 e. The van der Waals surface area contributed by atoms with Gasteiger partial charge in [0.05, 0.1) is 11.8 Å². The zero-order valence-corrected chi connectivity index (χ0v) is 11.5. The number of nitrogens with one attached hydrogen (secondary N) is 1. The SMILES string of the molecule is CC(C)Cc1nnc(NC(=O)c2ccoc2Cl)s1. The number of anilines is 1. The molecule has 18 heavy (non-hydrogen) atoms. The van der Waals surface area contributed by atoms with Crippen molar-refractivity contribution in [3.63, 3.8) is 0 Å². The molecule has 0 atom stereocenters. The Kier molecular flexibility index (Phi) is 3.98. The molecule has 7 heteroatoms. The molecule has 2 heterocycles. The van der Waals surface area contributed by atoms with E-state index in [-0.39, 0.29) is 16.7 Å². The number of amides is 1. The Labute approximate surface area is 113 Å². The molecule has 0 aliphatic carbocycles. The van der Waals surface area contributed by atoms with E-state index in [1.807, 2.05) is 0 Å². The smallest absolute Gasteiger partial charge is 0.262 e. The van der Waals surface area contributed by atoms with Crippen molar-refractivity contribution in [1.29, 1.82) is 0 Å². The average molecular weight is 286 g/mol. The first-order valence-corrected chi connectivity index (χ1v) is 6.62. The number of halogens is 1. The van der Waals surface area contributed by atoms with Gasteiger partial charge >= 0.3 is 0 Å². The first-order chi connectivity index (χ1) is 8.56. The highest BCUT2D eigenvalue weighted by Gasteiger charge is 2.15. The minimum atomic E-state index is -0.346. The van der Waals surface area contributed by atoms with E-state index in [2.05, 4.69) is 29.4 Å². The zero-order valence-electron chi connectivity index (χ0n) is 9.94. The molecule has 0 radical (unpaired) electrons. The predicted octanol–water partition coefficient (Wildman–Crippen LogP) is 3.24. The zero-order chi connectivity index (χ0) is 13.1. The lowest BCUT2D eigenvalue weighted by molar-refractivity contribution is 0.102. The number of hydrogen-bond acceptors (Lipinski definition) is 5. The molecule has 0 aromatic carbocycles. The third kappa shape index (κ3) is 3.08. The maximum Gasteiger partial charge on any atom is 0.262 e. The lowest BCUT2D eigenvalue weighted by atomic mass is 10.1. The number of nitrogens with zero attached hydrogens (tertiary/aromatic N) is 2. The van der Waals surface area contributed by atoms with Gasteiger partial charge in [-0.25, -0.2) is 0 Å². The minimum absolute atomic E-state index is 0.0689. The van der Waals surface area contributed by atoms with Gasteiger partial charge in [0.1, 0.15) is 5.01 Å². The quantitative estimate of drug-likeness (QED) is 0.936. The molecule has 0 unspecified atom stereocenters. The van der Waals surface area contributed by atoms with Gasteiger partial charge in [0.15, 0.2) is 0 Å². The maximum atomic E-state index is 11.8. The van der Waals surface area contributed by atoms with Gasteiger partial charge in [-0.05, 0) is 23.6 Å². The van der Waals surface area contributed by atoms with E-state index in [9.17, 15) is 4.79 Å². The Morgan fingerprint density at radius 1 is 1.56 bits per heavy atom. The summed E-state index contributed by atoms with van der Waals surface area (Å²) < 4.78 is 4.85. The molecule has 2 aromatic rings. The molecule has 0 bridgehead atoms. The van der Waals surface area contributed by atoms with Crippen LogP contribution in [0.1, 0.15) is 29.2 Å². The topological polar surface area (TPSA) is 68.0 Å². The van der Waals surface area contributed by atoms with E-state index in [1.165, 1.54) is 23.7 Å². The number of rotatable bonds is 4. The van der Waals surface area contributed by atoms with E-state index in [4.69, 9.17) is 16.0 Å². The van der Waals surface area contributed by atoms with Crippen LogP contribution in [0.5, 0.6) is 0 Å². The summed E-state index contributed by atoms with van der Waals surface area (Å²) in [5.41, 5.74) is 0.289. The highest BCUT2D eigenvalue weighted by Crippen LogP contribution is 2.21. The van der Waals surface area contributed by atoms with Crippen LogP contribution in [-0.2, 0) is 6.42 Å². The van der Waals surface area contributed by atoms with Gasteiger partial charge < -0.3 is 4.42 Å². The summed E-state index contributed by atoms with van der Waals surface area (Å²) in [6, 6.07) is 1.51. The standard InChI is InChI=1S/C11H12ClN3O2S/c1-6(2)5-8-14-15-11(18-8)13-10(16)7-3-4-17-9(7)12/h3-4,6H,5H2,1-2H3,(H,13,15,16). The van der Waals surface area contributed by atoms with Crippen LogP contribution in [0.2, 0.25) is 5.22 Å². The Balaban J connectivity index is 2.04. The highest BCUT2D eigenvalue weighted by atomic mass is 35.5. The summed E-state index contributed by atoms with van der Waals surface area (Å²) in [5.74, 6) is 0.158. The van der Waals surface area contributed by atoms with Crippen molar-refractivity contribution in [3.8, 4) is 0 Å². The van der Waals surface area contributed by atoms with Crippen molar-refractivity contribution < 1.29 is 9.21 Å². The Hall–Kier alpha value is -1.40. The molecule has 0 aliphatic rings.